The first kappa shape index (κ1) is 19.4. The van der Waals surface area contributed by atoms with Crippen LogP contribution in [0.5, 0.6) is 0 Å². The summed E-state index contributed by atoms with van der Waals surface area (Å²) in [4.78, 5) is 25.8. The lowest BCUT2D eigenvalue weighted by Gasteiger charge is -2.31. The average molecular weight is 432 g/mol. The van der Waals surface area contributed by atoms with Gasteiger partial charge >= 0.3 is 5.97 Å². The molecule has 3 rings (SSSR count). The molecule has 1 amide bonds. The van der Waals surface area contributed by atoms with Crippen molar-refractivity contribution in [2.24, 2.45) is 0 Å². The molecule has 0 saturated heterocycles. The zero-order valence-corrected chi connectivity index (χ0v) is 16.9. The number of hydrogen-bond acceptors (Lipinski definition) is 4. The zero-order valence-electron chi connectivity index (χ0n) is 15.4. The van der Waals surface area contributed by atoms with Crippen molar-refractivity contribution in [3.05, 3.63) is 63.6 Å². The Kier molecular flexibility index (Phi) is 5.82. The number of benzene rings is 2. The van der Waals surface area contributed by atoms with Gasteiger partial charge in [0.05, 0.1) is 6.54 Å². The van der Waals surface area contributed by atoms with Crippen LogP contribution in [0.25, 0.3) is 0 Å². The number of carbonyl (C=O) groups is 2. The smallest absolute Gasteiger partial charge is 0.323 e. The minimum atomic E-state index is -0.971. The number of carboxylic acid groups (broad SMARTS) is 1. The molecule has 1 heterocycles. The van der Waals surface area contributed by atoms with Crippen LogP contribution in [-0.4, -0.2) is 47.1 Å². The van der Waals surface area contributed by atoms with Crippen molar-refractivity contribution in [1.82, 2.24) is 10.0 Å². The van der Waals surface area contributed by atoms with E-state index in [9.17, 15) is 14.7 Å². The summed E-state index contributed by atoms with van der Waals surface area (Å²) in [6.07, 6.45) is 0. The normalized spacial score (nSPS) is 13.3. The third kappa shape index (κ3) is 4.48. The predicted octanol–water partition coefficient (Wildman–Crippen LogP) is 3.04. The van der Waals surface area contributed by atoms with Gasteiger partial charge in [-0.05, 0) is 41.8 Å². The van der Waals surface area contributed by atoms with E-state index in [-0.39, 0.29) is 19.0 Å². The van der Waals surface area contributed by atoms with Crippen LogP contribution in [0.2, 0.25) is 0 Å². The quantitative estimate of drug-likeness (QED) is 0.761. The Morgan fingerprint density at radius 1 is 1.11 bits per heavy atom. The van der Waals surface area contributed by atoms with Crippen LogP contribution in [0.15, 0.2) is 46.9 Å². The third-order valence-corrected chi connectivity index (χ3v) is 5.25. The van der Waals surface area contributed by atoms with Gasteiger partial charge in [-0.3, -0.25) is 14.6 Å². The van der Waals surface area contributed by atoms with Gasteiger partial charge < -0.3 is 10.0 Å². The molecule has 0 radical (unpaired) electrons. The lowest BCUT2D eigenvalue weighted by Crippen LogP contribution is -2.47. The number of amides is 1. The van der Waals surface area contributed by atoms with Crippen LogP contribution in [0.1, 0.15) is 16.7 Å². The average Bonchev–Trinajstić information content (AvgIpc) is 3.04. The van der Waals surface area contributed by atoms with E-state index >= 15 is 0 Å². The van der Waals surface area contributed by atoms with Crippen LogP contribution in [0.3, 0.4) is 0 Å². The summed E-state index contributed by atoms with van der Waals surface area (Å²) in [7, 11) is 1.74. The molecule has 0 atom stereocenters. The second-order valence-electron chi connectivity index (χ2n) is 6.69. The molecule has 0 aromatic heterocycles. The van der Waals surface area contributed by atoms with E-state index in [0.29, 0.717) is 13.1 Å². The number of anilines is 1. The van der Waals surface area contributed by atoms with Crippen LogP contribution < -0.4 is 4.90 Å². The molecule has 0 bridgehead atoms. The number of rotatable bonds is 6. The molecule has 0 fully saturated rings. The van der Waals surface area contributed by atoms with Crippen molar-refractivity contribution in [2.45, 2.75) is 20.0 Å². The Bertz CT molecular complexity index is 846. The third-order valence-electron chi connectivity index (χ3n) is 4.76. The molecule has 6 nitrogen and oxygen atoms in total. The Hall–Kier alpha value is -2.38. The fourth-order valence-electron chi connectivity index (χ4n) is 3.31. The van der Waals surface area contributed by atoms with Crippen LogP contribution in [0.4, 0.5) is 5.69 Å². The lowest BCUT2D eigenvalue weighted by atomic mass is 10.1. The topological polar surface area (TPSA) is 64.1 Å². The fraction of sp³-hybridized carbons (Fsp3) is 0.300. The minimum Gasteiger partial charge on any atom is -0.480 e. The van der Waals surface area contributed by atoms with Crippen LogP contribution in [-0.2, 0) is 22.7 Å². The highest BCUT2D eigenvalue weighted by molar-refractivity contribution is 9.10. The first-order valence-electron chi connectivity index (χ1n) is 8.66. The molecular weight excluding hydrogens is 410 g/mol. The molecule has 27 heavy (non-hydrogen) atoms. The molecule has 0 spiro atoms. The number of aliphatic carboxylic acids is 1. The van der Waals surface area contributed by atoms with Crippen molar-refractivity contribution >= 4 is 33.5 Å². The molecule has 2 aromatic rings. The Labute approximate surface area is 167 Å². The lowest BCUT2D eigenvalue weighted by molar-refractivity contribution is -0.145. The largest absolute Gasteiger partial charge is 0.480 e. The number of halogens is 1. The summed E-state index contributed by atoms with van der Waals surface area (Å²) in [5.74, 6) is -1.12. The SMILES string of the molecule is Cc1cc(Br)ccc1N(CC(=O)O)CC(=O)N(C)N1Cc2ccccc2C1. The summed E-state index contributed by atoms with van der Waals surface area (Å²) >= 11 is 3.41. The van der Waals surface area contributed by atoms with E-state index in [4.69, 9.17) is 0 Å². The van der Waals surface area contributed by atoms with Crippen LogP contribution in [0, 0.1) is 6.92 Å². The summed E-state index contributed by atoms with van der Waals surface area (Å²) in [6.45, 7) is 3.02. The molecule has 7 heteroatoms. The number of hydrogen-bond donors (Lipinski definition) is 1. The Morgan fingerprint density at radius 3 is 2.30 bits per heavy atom. The van der Waals surface area contributed by atoms with Gasteiger partial charge in [0.1, 0.15) is 6.54 Å². The maximum Gasteiger partial charge on any atom is 0.323 e. The Morgan fingerprint density at radius 2 is 1.74 bits per heavy atom. The molecule has 142 valence electrons. The monoisotopic (exact) mass is 431 g/mol. The van der Waals surface area contributed by atoms with E-state index in [2.05, 4.69) is 28.1 Å². The highest BCUT2D eigenvalue weighted by Crippen LogP contribution is 2.25. The number of aryl methyl sites for hydroxylation is 1. The van der Waals surface area contributed by atoms with E-state index in [1.165, 1.54) is 11.1 Å². The van der Waals surface area contributed by atoms with E-state index in [1.807, 2.05) is 42.3 Å². The molecule has 1 aliphatic rings. The van der Waals surface area contributed by atoms with Crippen molar-refractivity contribution in [2.75, 3.05) is 25.0 Å². The highest BCUT2D eigenvalue weighted by Gasteiger charge is 2.26. The van der Waals surface area contributed by atoms with Gasteiger partial charge in [0.15, 0.2) is 0 Å². The summed E-state index contributed by atoms with van der Waals surface area (Å²) in [6, 6.07) is 13.7. The first-order valence-corrected chi connectivity index (χ1v) is 9.45. The van der Waals surface area contributed by atoms with Crippen molar-refractivity contribution in [1.29, 1.82) is 0 Å². The molecule has 2 aromatic carbocycles. The highest BCUT2D eigenvalue weighted by atomic mass is 79.9. The first-order chi connectivity index (χ1) is 12.8. The zero-order chi connectivity index (χ0) is 19.6. The van der Waals surface area contributed by atoms with Gasteiger partial charge in [0, 0.05) is 30.3 Å². The van der Waals surface area contributed by atoms with Crippen LogP contribution >= 0.6 is 15.9 Å². The Balaban J connectivity index is 1.73. The van der Waals surface area contributed by atoms with Gasteiger partial charge in [0.25, 0.3) is 5.91 Å². The maximum atomic E-state index is 12.9. The van der Waals surface area contributed by atoms with Gasteiger partial charge in [0.2, 0.25) is 0 Å². The maximum absolute atomic E-state index is 12.9. The second kappa shape index (κ2) is 8.10. The summed E-state index contributed by atoms with van der Waals surface area (Å²) < 4.78 is 0.914. The molecule has 0 aliphatic carbocycles. The molecule has 1 aliphatic heterocycles. The van der Waals surface area contributed by atoms with Gasteiger partial charge in [-0.2, -0.15) is 0 Å². The van der Waals surface area contributed by atoms with Gasteiger partial charge in [-0.15, -0.1) is 0 Å². The number of likely N-dealkylation sites (N-methyl/N-ethyl adjacent to an activating group) is 1. The van der Waals surface area contributed by atoms with Gasteiger partial charge in [-0.1, -0.05) is 40.2 Å². The molecular formula is C20H22BrN3O3. The number of carboxylic acids is 1. The fourth-order valence-corrected chi connectivity index (χ4v) is 3.79. The summed E-state index contributed by atoms with van der Waals surface area (Å²) in [5, 5.41) is 12.9. The van der Waals surface area contributed by atoms with Gasteiger partial charge in [-0.25, -0.2) is 5.01 Å². The molecule has 0 unspecified atom stereocenters. The molecule has 1 N–H and O–H groups in total. The van der Waals surface area contributed by atoms with E-state index < -0.39 is 5.97 Å². The number of hydrazine groups is 1. The van der Waals surface area contributed by atoms with Crippen molar-refractivity contribution in [3.63, 3.8) is 0 Å². The predicted molar refractivity (Wildman–Crippen MR) is 107 cm³/mol. The summed E-state index contributed by atoms with van der Waals surface area (Å²) in [5.41, 5.74) is 4.08. The van der Waals surface area contributed by atoms with Crippen molar-refractivity contribution in [3.8, 4) is 0 Å². The molecule has 0 saturated carbocycles. The van der Waals surface area contributed by atoms with E-state index in [0.717, 1.165) is 15.7 Å². The van der Waals surface area contributed by atoms with Crippen molar-refractivity contribution < 1.29 is 14.7 Å². The standard InChI is InChI=1S/C20H22BrN3O3/c1-14-9-17(21)7-8-18(14)23(13-20(26)27)12-19(25)22(2)24-10-15-5-3-4-6-16(15)11-24/h3-9H,10-13H2,1-2H3,(H,26,27). The number of nitrogens with zero attached hydrogens (tertiary/aromatic N) is 3. The number of fused-ring (bicyclic) bond motifs is 1. The minimum absolute atomic E-state index is 0.00187. The number of carbonyl (C=O) groups excluding carboxylic acids is 1. The van der Waals surface area contributed by atoms with E-state index in [1.54, 1.807) is 17.0 Å². The second-order valence-corrected chi connectivity index (χ2v) is 7.61.